The quantitative estimate of drug-likeness (QED) is 0.183. The van der Waals surface area contributed by atoms with Gasteiger partial charge in [-0.3, -0.25) is 19.3 Å². The summed E-state index contributed by atoms with van der Waals surface area (Å²) in [7, 11) is 0. The van der Waals surface area contributed by atoms with E-state index in [0.29, 0.717) is 13.1 Å². The number of carboxylic acids is 1. The van der Waals surface area contributed by atoms with Gasteiger partial charge in [-0.05, 0) is 48.7 Å². The SMILES string of the molecule is C.CC(=O)CN1CCc2c(sc(NC(C)=O)c2-c2nc3ccccc3s2)C1.CC(=O)Nc1sc2c(c1-c1nc3ccccc3s1)CC[NH+](CC(=O)O)C2.[Cl-]. The van der Waals surface area contributed by atoms with E-state index in [1.807, 2.05) is 42.5 Å². The molecule has 284 valence electrons. The van der Waals surface area contributed by atoms with Gasteiger partial charge < -0.3 is 33.0 Å². The first-order valence-corrected chi connectivity index (χ1v) is 20.1. The first-order chi connectivity index (χ1) is 25.0. The highest BCUT2D eigenvalue weighted by atomic mass is 35.5. The molecular weight excluding hydrogens is 784 g/mol. The van der Waals surface area contributed by atoms with E-state index in [1.54, 1.807) is 52.3 Å². The third-order valence-electron chi connectivity index (χ3n) is 8.81. The fraction of sp³-hybridized carbons (Fsp3) is 0.316. The molecule has 4 N–H and O–H groups in total. The number of nitrogens with one attached hydrogen (secondary N) is 3. The lowest BCUT2D eigenvalue weighted by Gasteiger charge is -2.25. The molecule has 0 fully saturated rings. The molecule has 1 unspecified atom stereocenters. The van der Waals surface area contributed by atoms with Gasteiger partial charge in [-0.2, -0.15) is 0 Å². The summed E-state index contributed by atoms with van der Waals surface area (Å²) in [6, 6.07) is 16.1. The number of amides is 2. The molecule has 16 heteroatoms. The van der Waals surface area contributed by atoms with Gasteiger partial charge in [-0.25, -0.2) is 14.8 Å². The number of Topliss-reactive ketones (excluding diaryl/α,β-unsaturated/α-hetero) is 1. The number of halogens is 1. The molecule has 54 heavy (non-hydrogen) atoms. The number of thiazole rings is 2. The largest absolute Gasteiger partial charge is 1.00 e. The Morgan fingerprint density at radius 3 is 1.80 bits per heavy atom. The molecule has 4 aromatic heterocycles. The molecular formula is C38H41ClN6O5S4. The van der Waals surface area contributed by atoms with Crippen LogP contribution in [-0.4, -0.2) is 69.7 Å². The first-order valence-electron chi connectivity index (χ1n) is 16.9. The zero-order valence-corrected chi connectivity index (χ0v) is 33.2. The van der Waals surface area contributed by atoms with Gasteiger partial charge in [0.05, 0.1) is 38.4 Å². The van der Waals surface area contributed by atoms with Gasteiger partial charge in [0.1, 0.15) is 32.3 Å². The van der Waals surface area contributed by atoms with Crippen molar-refractivity contribution in [3.63, 3.8) is 0 Å². The monoisotopic (exact) mass is 824 g/mol. The second-order valence-electron chi connectivity index (χ2n) is 12.9. The number of quaternary nitrogens is 1. The zero-order chi connectivity index (χ0) is 36.5. The number of hydrogen-bond donors (Lipinski definition) is 4. The Hall–Kier alpha value is -4.09. The van der Waals surface area contributed by atoms with Crippen molar-refractivity contribution in [3.05, 3.63) is 69.4 Å². The molecule has 0 saturated heterocycles. The minimum Gasteiger partial charge on any atom is -1.00 e. The number of fused-ring (bicyclic) bond motifs is 4. The van der Waals surface area contributed by atoms with Crippen molar-refractivity contribution in [1.82, 2.24) is 14.9 Å². The number of para-hydroxylation sites is 2. The van der Waals surface area contributed by atoms with Gasteiger partial charge in [-0.1, -0.05) is 31.7 Å². The highest BCUT2D eigenvalue weighted by Gasteiger charge is 2.31. The van der Waals surface area contributed by atoms with E-state index in [2.05, 4.69) is 21.6 Å². The predicted octanol–water partition coefficient (Wildman–Crippen LogP) is 3.58. The smallest absolute Gasteiger partial charge is 0.359 e. The third kappa shape index (κ3) is 9.05. The number of benzene rings is 2. The van der Waals surface area contributed by atoms with Crippen LogP contribution in [0.5, 0.6) is 0 Å². The molecule has 0 radical (unpaired) electrons. The fourth-order valence-corrected chi connectivity index (χ4v) is 11.6. The summed E-state index contributed by atoms with van der Waals surface area (Å²) in [6.07, 6.45) is 1.66. The lowest BCUT2D eigenvalue weighted by Crippen LogP contribution is -3.12. The molecule has 0 saturated carbocycles. The normalized spacial score (nSPS) is 14.8. The molecule has 2 aromatic carbocycles. The summed E-state index contributed by atoms with van der Waals surface area (Å²) in [5.41, 5.74) is 6.47. The number of anilines is 2. The third-order valence-corrected chi connectivity index (χ3v) is 13.2. The van der Waals surface area contributed by atoms with E-state index in [0.717, 1.165) is 93.8 Å². The van der Waals surface area contributed by atoms with Crippen molar-refractivity contribution in [2.75, 3.05) is 36.8 Å². The maximum Gasteiger partial charge on any atom is 0.359 e. The minimum absolute atomic E-state index is 0. The van der Waals surface area contributed by atoms with Crippen LogP contribution in [-0.2, 0) is 45.1 Å². The van der Waals surface area contributed by atoms with Crippen molar-refractivity contribution >= 4 is 99.3 Å². The van der Waals surface area contributed by atoms with Crippen LogP contribution in [0.2, 0.25) is 0 Å². The number of ketones is 1. The van der Waals surface area contributed by atoms with E-state index >= 15 is 0 Å². The van der Waals surface area contributed by atoms with Crippen LogP contribution < -0.4 is 27.9 Å². The molecule has 6 heterocycles. The van der Waals surface area contributed by atoms with Crippen LogP contribution in [0.15, 0.2) is 48.5 Å². The van der Waals surface area contributed by atoms with Crippen molar-refractivity contribution in [1.29, 1.82) is 0 Å². The number of hydrogen-bond acceptors (Lipinski definition) is 11. The lowest BCUT2D eigenvalue weighted by atomic mass is 10.0. The molecule has 2 aliphatic heterocycles. The van der Waals surface area contributed by atoms with Crippen molar-refractivity contribution in [3.8, 4) is 21.1 Å². The molecule has 1 atom stereocenters. The summed E-state index contributed by atoms with van der Waals surface area (Å²) in [6.45, 7) is 8.28. The van der Waals surface area contributed by atoms with Gasteiger partial charge in [0.25, 0.3) is 0 Å². The average Bonchev–Trinajstić information content (AvgIpc) is 3.85. The van der Waals surface area contributed by atoms with Gasteiger partial charge in [0.2, 0.25) is 11.8 Å². The molecule has 0 bridgehead atoms. The minimum atomic E-state index is -0.784. The van der Waals surface area contributed by atoms with Crippen molar-refractivity contribution < 1.29 is 41.6 Å². The van der Waals surface area contributed by atoms with Crippen LogP contribution in [0.3, 0.4) is 0 Å². The summed E-state index contributed by atoms with van der Waals surface area (Å²) in [5, 5.41) is 18.6. The number of carbonyl (C=O) groups is 4. The Labute approximate surface area is 335 Å². The topological polar surface area (TPSA) is 146 Å². The Kier molecular flexibility index (Phi) is 13.4. The Morgan fingerprint density at radius 1 is 0.778 bits per heavy atom. The summed E-state index contributed by atoms with van der Waals surface area (Å²) < 4.78 is 2.26. The maximum absolute atomic E-state index is 11.7. The van der Waals surface area contributed by atoms with E-state index in [1.165, 1.54) is 29.9 Å². The Bertz CT molecular complexity index is 2120. The number of aromatic nitrogens is 2. The van der Waals surface area contributed by atoms with Crippen molar-refractivity contribution in [2.24, 2.45) is 0 Å². The summed E-state index contributed by atoms with van der Waals surface area (Å²) >= 11 is 6.44. The van der Waals surface area contributed by atoms with Gasteiger partial charge in [0, 0.05) is 49.4 Å². The molecule has 2 aliphatic rings. The molecule has 6 aromatic rings. The second-order valence-corrected chi connectivity index (χ2v) is 17.2. The van der Waals surface area contributed by atoms with Gasteiger partial charge >= 0.3 is 5.97 Å². The number of rotatable bonds is 8. The Balaban J connectivity index is 0.000000200. The predicted molar refractivity (Wildman–Crippen MR) is 217 cm³/mol. The van der Waals surface area contributed by atoms with Crippen LogP contribution in [0.1, 0.15) is 49.1 Å². The van der Waals surface area contributed by atoms with Gasteiger partial charge in [-0.15, -0.1) is 45.3 Å². The second kappa shape index (κ2) is 17.6. The van der Waals surface area contributed by atoms with Crippen LogP contribution in [0.4, 0.5) is 10.0 Å². The molecule has 8 rings (SSSR count). The first kappa shape index (κ1) is 41.1. The molecule has 0 spiro atoms. The average molecular weight is 826 g/mol. The van der Waals surface area contributed by atoms with E-state index in [-0.39, 0.29) is 44.0 Å². The number of aliphatic carboxylic acids is 1. The number of carboxylic acid groups (broad SMARTS) is 1. The zero-order valence-electron chi connectivity index (χ0n) is 29.2. The van der Waals surface area contributed by atoms with E-state index in [4.69, 9.17) is 15.1 Å². The lowest BCUT2D eigenvalue weighted by molar-refractivity contribution is -0.908. The van der Waals surface area contributed by atoms with E-state index in [9.17, 15) is 19.2 Å². The number of nitrogens with zero attached hydrogens (tertiary/aromatic N) is 3. The van der Waals surface area contributed by atoms with Gasteiger partial charge in [0.15, 0.2) is 6.54 Å². The standard InChI is InChI=1S/C19H19N3O2S2.C18H17N3O3S2.CH4.ClH/c1-11(23)9-22-8-7-13-16(10-22)26-18(20-12(2)24)17(13)19-21-14-5-3-4-6-15(14)25-19;1-10(22)19-17-16(18-20-12-4-2-3-5-13(12)25-18)11-6-7-21(9-15(23)24)8-14(11)26-17;;/h3-6H,7-10H2,1-2H3,(H,20,24);2-5H,6-9H2,1H3,(H,19,22)(H,23,24);1H4;1H. The van der Waals surface area contributed by atoms with E-state index < -0.39 is 5.97 Å². The van der Waals surface area contributed by atoms with Crippen molar-refractivity contribution in [2.45, 2.75) is 54.1 Å². The summed E-state index contributed by atoms with van der Waals surface area (Å²) in [4.78, 5) is 61.0. The highest BCUT2D eigenvalue weighted by molar-refractivity contribution is 7.23. The number of carbonyl (C=O) groups excluding carboxylic acids is 3. The summed E-state index contributed by atoms with van der Waals surface area (Å²) in [5.74, 6) is -0.792. The van der Waals surface area contributed by atoms with Crippen LogP contribution in [0.25, 0.3) is 41.6 Å². The molecule has 11 nitrogen and oxygen atoms in total. The van der Waals surface area contributed by atoms with Crippen LogP contribution in [0, 0.1) is 0 Å². The molecule has 0 aliphatic carbocycles. The highest BCUT2D eigenvalue weighted by Crippen LogP contribution is 2.46. The number of thiophene rings is 2. The van der Waals surface area contributed by atoms with Crippen LogP contribution >= 0.6 is 45.3 Å². The Morgan fingerprint density at radius 2 is 1.30 bits per heavy atom. The molecule has 2 amide bonds. The maximum atomic E-state index is 11.7. The fourth-order valence-electron chi connectivity index (χ4n) is 6.71.